The Morgan fingerprint density at radius 2 is 2.00 bits per heavy atom. The van der Waals surface area contributed by atoms with E-state index in [4.69, 9.17) is 4.74 Å². The van der Waals surface area contributed by atoms with Gasteiger partial charge in [-0.3, -0.25) is 0 Å². The van der Waals surface area contributed by atoms with E-state index in [9.17, 15) is 10.2 Å². The minimum atomic E-state index is -1.10. The predicted octanol–water partition coefficient (Wildman–Crippen LogP) is 6.40. The number of aromatic hydroxyl groups is 1. The van der Waals surface area contributed by atoms with Crippen LogP contribution in [-0.4, -0.2) is 16.0 Å². The molecular weight excluding hydrogens is 336 g/mol. The third kappa shape index (κ3) is 4.03. The Bertz CT molecular complexity index is 717. The minimum Gasteiger partial charge on any atom is -0.507 e. The Labute approximate surface area is 164 Å². The van der Waals surface area contributed by atoms with Crippen molar-refractivity contribution < 1.29 is 14.9 Å². The number of hydrogen-bond acceptors (Lipinski definition) is 3. The van der Waals surface area contributed by atoms with Gasteiger partial charge < -0.3 is 14.9 Å². The van der Waals surface area contributed by atoms with Crippen LogP contribution in [0, 0.1) is 5.92 Å². The van der Waals surface area contributed by atoms with Gasteiger partial charge in [0.25, 0.3) is 0 Å². The molecule has 1 saturated carbocycles. The van der Waals surface area contributed by atoms with E-state index in [1.165, 1.54) is 36.8 Å². The lowest BCUT2D eigenvalue weighted by atomic mass is 9.72. The first kappa shape index (κ1) is 20.3. The second kappa shape index (κ2) is 7.87. The van der Waals surface area contributed by atoms with Crippen molar-refractivity contribution in [2.75, 3.05) is 0 Å². The fraction of sp³-hybridized carbons (Fsp3) is 0.667. The van der Waals surface area contributed by atoms with E-state index in [0.29, 0.717) is 36.2 Å². The van der Waals surface area contributed by atoms with Crippen molar-refractivity contribution in [1.82, 2.24) is 0 Å². The molecule has 1 aliphatic carbocycles. The van der Waals surface area contributed by atoms with Gasteiger partial charge in [-0.25, -0.2) is 0 Å². The second-order valence-electron chi connectivity index (χ2n) is 9.04. The first-order valence-corrected chi connectivity index (χ1v) is 10.7. The quantitative estimate of drug-likeness (QED) is 0.449. The van der Waals surface area contributed by atoms with Gasteiger partial charge in [-0.05, 0) is 49.8 Å². The number of benzene rings is 1. The zero-order chi connectivity index (χ0) is 19.8. The summed E-state index contributed by atoms with van der Waals surface area (Å²) in [5.74, 6) is 0.855. The van der Waals surface area contributed by atoms with Gasteiger partial charge in [0.2, 0.25) is 5.79 Å². The molecule has 0 amide bonds. The maximum absolute atomic E-state index is 10.9. The van der Waals surface area contributed by atoms with Crippen LogP contribution in [0.3, 0.4) is 0 Å². The van der Waals surface area contributed by atoms with Gasteiger partial charge in [0.1, 0.15) is 11.5 Å². The fourth-order valence-corrected chi connectivity index (χ4v) is 4.85. The molecule has 1 aromatic rings. The van der Waals surface area contributed by atoms with Gasteiger partial charge in [0, 0.05) is 24.3 Å². The van der Waals surface area contributed by atoms with Gasteiger partial charge in [0.15, 0.2) is 0 Å². The van der Waals surface area contributed by atoms with E-state index in [1.54, 1.807) is 0 Å². The Balaban J connectivity index is 1.93. The van der Waals surface area contributed by atoms with Crippen molar-refractivity contribution in [2.24, 2.45) is 5.92 Å². The van der Waals surface area contributed by atoms with Crippen LogP contribution in [0.4, 0.5) is 0 Å². The summed E-state index contributed by atoms with van der Waals surface area (Å²) < 4.78 is 6.04. The average molecular weight is 373 g/mol. The number of rotatable bonds is 6. The summed E-state index contributed by atoms with van der Waals surface area (Å²) in [5.41, 5.74) is 4.60. The zero-order valence-corrected chi connectivity index (χ0v) is 17.6. The third-order valence-corrected chi connectivity index (χ3v) is 6.80. The largest absolute Gasteiger partial charge is 0.507 e. The predicted molar refractivity (Wildman–Crippen MR) is 110 cm³/mol. The van der Waals surface area contributed by atoms with Crippen molar-refractivity contribution in [3.63, 3.8) is 0 Å². The summed E-state index contributed by atoms with van der Waals surface area (Å²) in [6.07, 6.45) is 6.95. The molecular formula is C24H36O3. The molecule has 3 nitrogen and oxygen atoms in total. The average Bonchev–Trinajstić information content (AvgIpc) is 2.59. The number of phenols is 1. The minimum absolute atomic E-state index is 0.0591. The number of ether oxygens (including phenoxy) is 1. The molecule has 0 aromatic heterocycles. The third-order valence-electron chi connectivity index (χ3n) is 6.80. The van der Waals surface area contributed by atoms with E-state index in [-0.39, 0.29) is 5.92 Å². The molecule has 1 aromatic carbocycles. The van der Waals surface area contributed by atoms with Crippen molar-refractivity contribution in [1.29, 1.82) is 0 Å². The van der Waals surface area contributed by atoms with E-state index >= 15 is 0 Å². The molecule has 3 rings (SSSR count). The van der Waals surface area contributed by atoms with Crippen LogP contribution < -0.4 is 4.74 Å². The molecule has 4 unspecified atom stereocenters. The zero-order valence-electron chi connectivity index (χ0n) is 17.6. The molecule has 27 heavy (non-hydrogen) atoms. The summed E-state index contributed by atoms with van der Waals surface area (Å²) in [6.45, 7) is 11.0. The number of phenolic OH excluding ortho intramolecular Hbond substituents is 1. The van der Waals surface area contributed by atoms with Crippen molar-refractivity contribution in [3.8, 4) is 11.5 Å². The smallest absolute Gasteiger partial charge is 0.209 e. The van der Waals surface area contributed by atoms with Crippen LogP contribution in [0.2, 0.25) is 0 Å². The molecule has 0 saturated heterocycles. The number of aliphatic hydroxyl groups is 1. The van der Waals surface area contributed by atoms with Crippen LogP contribution >= 0.6 is 0 Å². The SMILES string of the molecule is CCCCCC(C)C(C)c1cc(O)c2c(c1)OC1(O)CCC(=C(C)C)C2C1. The Hall–Kier alpha value is -1.48. The van der Waals surface area contributed by atoms with Gasteiger partial charge in [-0.2, -0.15) is 0 Å². The maximum atomic E-state index is 10.9. The van der Waals surface area contributed by atoms with Crippen LogP contribution in [-0.2, 0) is 0 Å². The summed E-state index contributed by atoms with van der Waals surface area (Å²) in [4.78, 5) is 0. The molecule has 0 spiro atoms. The van der Waals surface area contributed by atoms with Crippen LogP contribution in [0.1, 0.15) is 103 Å². The molecule has 2 aliphatic rings. The lowest BCUT2D eigenvalue weighted by Crippen LogP contribution is -2.44. The van der Waals surface area contributed by atoms with Crippen molar-refractivity contribution in [2.45, 2.75) is 97.2 Å². The normalized spacial score (nSPS) is 26.1. The van der Waals surface area contributed by atoms with Gasteiger partial charge in [-0.15, -0.1) is 0 Å². The Morgan fingerprint density at radius 3 is 2.67 bits per heavy atom. The summed E-state index contributed by atoms with van der Waals surface area (Å²) in [5, 5.41) is 21.8. The van der Waals surface area contributed by atoms with Gasteiger partial charge in [0.05, 0.1) is 0 Å². The van der Waals surface area contributed by atoms with E-state index in [0.717, 1.165) is 17.5 Å². The fourth-order valence-electron chi connectivity index (χ4n) is 4.85. The highest BCUT2D eigenvalue weighted by Gasteiger charge is 2.46. The first-order chi connectivity index (χ1) is 12.8. The molecule has 1 heterocycles. The summed E-state index contributed by atoms with van der Waals surface area (Å²) in [7, 11) is 0. The monoisotopic (exact) mass is 372 g/mol. The number of allylic oxidation sites excluding steroid dienone is 2. The van der Waals surface area contributed by atoms with Gasteiger partial charge >= 0.3 is 0 Å². The lowest BCUT2D eigenvalue weighted by molar-refractivity contribution is -0.165. The van der Waals surface area contributed by atoms with E-state index < -0.39 is 5.79 Å². The highest BCUT2D eigenvalue weighted by Crippen LogP contribution is 2.54. The number of unbranched alkanes of at least 4 members (excludes halogenated alkanes) is 2. The van der Waals surface area contributed by atoms with Crippen LogP contribution in [0.25, 0.3) is 0 Å². The molecule has 1 aliphatic heterocycles. The van der Waals surface area contributed by atoms with Crippen LogP contribution in [0.15, 0.2) is 23.3 Å². The lowest BCUT2D eigenvalue weighted by Gasteiger charge is -2.44. The Kier molecular flexibility index (Phi) is 5.90. The van der Waals surface area contributed by atoms with E-state index in [1.807, 2.05) is 6.07 Å². The highest BCUT2D eigenvalue weighted by molar-refractivity contribution is 5.55. The second-order valence-corrected chi connectivity index (χ2v) is 9.04. The molecule has 0 radical (unpaired) electrons. The standard InChI is InChI=1S/C24H36O3/c1-6-7-8-9-16(4)17(5)18-12-21(25)23-20-14-24(26,27-22(23)13-18)11-10-19(20)15(2)3/h12-13,16-17,20,25-26H,6-11,14H2,1-5H3. The number of fused-ring (bicyclic) bond motifs is 4. The molecule has 1 fully saturated rings. The molecule has 150 valence electrons. The maximum Gasteiger partial charge on any atom is 0.209 e. The first-order valence-electron chi connectivity index (χ1n) is 10.7. The van der Waals surface area contributed by atoms with Crippen molar-refractivity contribution in [3.05, 3.63) is 34.4 Å². The molecule has 2 N–H and O–H groups in total. The Morgan fingerprint density at radius 1 is 1.26 bits per heavy atom. The summed E-state index contributed by atoms with van der Waals surface area (Å²) in [6, 6.07) is 4.01. The topological polar surface area (TPSA) is 49.7 Å². The van der Waals surface area contributed by atoms with Gasteiger partial charge in [-0.1, -0.05) is 57.6 Å². The molecule has 4 atom stereocenters. The highest BCUT2D eigenvalue weighted by atomic mass is 16.6. The molecule has 2 bridgehead atoms. The van der Waals surface area contributed by atoms with E-state index in [2.05, 4.69) is 40.7 Å². The summed E-state index contributed by atoms with van der Waals surface area (Å²) >= 11 is 0. The number of hydrogen-bond donors (Lipinski definition) is 2. The van der Waals surface area contributed by atoms with Crippen molar-refractivity contribution >= 4 is 0 Å². The van der Waals surface area contributed by atoms with Crippen LogP contribution in [0.5, 0.6) is 11.5 Å². The molecule has 3 heteroatoms.